The molecule has 2 aromatic heterocycles. The highest BCUT2D eigenvalue weighted by atomic mass is 28.3. The van der Waals surface area contributed by atoms with E-state index in [1.54, 1.807) is 29.3 Å². The zero-order chi connectivity index (χ0) is 45.4. The van der Waals surface area contributed by atoms with Gasteiger partial charge in [-0.1, -0.05) is 60.0 Å². The first-order valence-electron chi connectivity index (χ1n) is 22.7. The Morgan fingerprint density at radius 2 is 1.65 bits per heavy atom. The number of fused-ring (bicyclic) bond motifs is 3. The molecule has 0 unspecified atom stereocenters. The number of piperazine rings is 1. The van der Waals surface area contributed by atoms with E-state index in [9.17, 15) is 4.79 Å². The van der Waals surface area contributed by atoms with Gasteiger partial charge in [0.2, 0.25) is 0 Å². The van der Waals surface area contributed by atoms with Crippen LogP contribution < -0.4 is 14.4 Å². The van der Waals surface area contributed by atoms with Crippen molar-refractivity contribution in [3.63, 3.8) is 0 Å². The quantitative estimate of drug-likeness (QED) is 0.0822. The third-order valence-corrected chi connectivity index (χ3v) is 20.1. The van der Waals surface area contributed by atoms with Gasteiger partial charge in [-0.25, -0.2) is 13.6 Å². The summed E-state index contributed by atoms with van der Waals surface area (Å²) in [7, 11) is 1.41. The number of carbonyl (C=O) groups is 1. The van der Waals surface area contributed by atoms with Crippen LogP contribution in [0.4, 0.5) is 19.4 Å². The number of piperidine rings is 1. The molecule has 2 saturated heterocycles. The molecule has 2 aliphatic heterocycles. The van der Waals surface area contributed by atoms with Crippen molar-refractivity contribution in [2.75, 3.05) is 65.2 Å². The fourth-order valence-electron chi connectivity index (χ4n) is 10.9. The number of aromatic nitrogens is 3. The molecule has 0 N–H and O–H groups in total. The fourth-order valence-corrected chi connectivity index (χ4v) is 16.1. The van der Waals surface area contributed by atoms with Crippen LogP contribution in [-0.2, 0) is 9.47 Å². The average molecular weight is 885 g/mol. The predicted octanol–water partition coefficient (Wildman–Crippen LogP) is 10.4. The number of hydrogen-bond donors (Lipinski definition) is 0. The zero-order valence-corrected chi connectivity index (χ0v) is 40.2. The summed E-state index contributed by atoms with van der Waals surface area (Å²) in [5.41, 5.74) is 4.49. The van der Waals surface area contributed by atoms with E-state index in [1.807, 2.05) is 25.7 Å². The number of rotatable bonds is 11. The summed E-state index contributed by atoms with van der Waals surface area (Å²) < 4.78 is 57.6. The van der Waals surface area contributed by atoms with Crippen molar-refractivity contribution in [3.8, 4) is 34.5 Å². The van der Waals surface area contributed by atoms with E-state index in [-0.39, 0.29) is 41.1 Å². The summed E-state index contributed by atoms with van der Waals surface area (Å²) >= 11 is 0. The van der Waals surface area contributed by atoms with Crippen LogP contribution in [0.25, 0.3) is 32.9 Å². The van der Waals surface area contributed by atoms with Gasteiger partial charge >= 0.3 is 12.1 Å². The molecule has 1 amide bonds. The van der Waals surface area contributed by atoms with Crippen molar-refractivity contribution >= 4 is 41.7 Å². The van der Waals surface area contributed by atoms with Crippen molar-refractivity contribution < 1.29 is 32.5 Å². The van der Waals surface area contributed by atoms with Gasteiger partial charge in [-0.3, -0.25) is 4.98 Å². The Balaban J connectivity index is 1.39. The number of hydrogen-bond acceptors (Lipinski definition) is 10. The van der Waals surface area contributed by atoms with E-state index < -0.39 is 25.3 Å². The van der Waals surface area contributed by atoms with E-state index in [2.05, 4.69) is 65.0 Å². The molecule has 7 rings (SSSR count). The fraction of sp³-hybridized carbons (Fsp3) is 0.592. The van der Waals surface area contributed by atoms with Crippen molar-refractivity contribution in [2.24, 2.45) is 5.41 Å². The first kappa shape index (κ1) is 46.4. The maximum atomic E-state index is 17.8. The molecule has 4 aromatic rings. The standard InChI is InChI=1S/C49H66F2N6O5Si/c1-31(2)63(32(3)4,33(5)6)25-17-36-39(50)16-15-34-26-35(61-30-59-11)27-37(41(34)36)43-42(51)44-38(28-52-43)45(56-21-23-57(24-22-56)47(58)62-48(7,8)9)54-46(53-44)60-29-49-18-12-14-40(49)55(10)20-13-19-49/h15-16,26-28,31-33,40H,12-14,18-24,29-30H2,1-11H3/t40-,49-/m1/s1. The van der Waals surface area contributed by atoms with E-state index >= 15 is 8.78 Å². The van der Waals surface area contributed by atoms with Gasteiger partial charge in [0.25, 0.3) is 0 Å². The Morgan fingerprint density at radius 3 is 2.32 bits per heavy atom. The zero-order valence-electron chi connectivity index (χ0n) is 39.2. The monoisotopic (exact) mass is 884 g/mol. The Bertz CT molecular complexity index is 2370. The number of likely N-dealkylation sites (tertiary alicyclic amines) is 1. The minimum Gasteiger partial charge on any atom is -0.468 e. The molecule has 63 heavy (non-hydrogen) atoms. The lowest BCUT2D eigenvalue weighted by molar-refractivity contribution is 0.0133. The molecule has 0 spiro atoms. The Kier molecular flexibility index (Phi) is 13.6. The van der Waals surface area contributed by atoms with Crippen LogP contribution in [0.2, 0.25) is 16.6 Å². The highest BCUT2D eigenvalue weighted by Crippen LogP contribution is 2.48. The molecule has 0 bridgehead atoms. The van der Waals surface area contributed by atoms with Crippen LogP contribution in [0.5, 0.6) is 11.8 Å². The second-order valence-corrected chi connectivity index (χ2v) is 25.4. The van der Waals surface area contributed by atoms with E-state index in [4.69, 9.17) is 33.9 Å². The molecule has 1 aliphatic carbocycles. The number of anilines is 1. The molecule has 1 saturated carbocycles. The number of ether oxygens (including phenoxy) is 4. The molecular formula is C49H66F2N6O5Si. The van der Waals surface area contributed by atoms with Gasteiger partial charge in [0.05, 0.1) is 17.6 Å². The molecule has 340 valence electrons. The third kappa shape index (κ3) is 9.20. The molecule has 2 aromatic carbocycles. The van der Waals surface area contributed by atoms with E-state index in [0.29, 0.717) is 88.7 Å². The molecule has 4 heterocycles. The number of benzene rings is 2. The summed E-state index contributed by atoms with van der Waals surface area (Å²) in [4.78, 5) is 33.7. The molecule has 14 heteroatoms. The third-order valence-electron chi connectivity index (χ3n) is 13.8. The second kappa shape index (κ2) is 18.5. The normalized spacial score (nSPS) is 19.8. The van der Waals surface area contributed by atoms with E-state index in [1.165, 1.54) is 13.2 Å². The molecular weight excluding hydrogens is 819 g/mol. The summed E-state index contributed by atoms with van der Waals surface area (Å²) in [5.74, 6) is 3.03. The Hall–Kier alpha value is -4.58. The topological polar surface area (TPSA) is 102 Å². The lowest BCUT2D eigenvalue weighted by Gasteiger charge is -2.44. The number of nitrogens with zero attached hydrogens (tertiary/aromatic N) is 6. The van der Waals surface area contributed by atoms with Crippen molar-refractivity contribution in [1.82, 2.24) is 24.8 Å². The molecule has 2 atom stereocenters. The summed E-state index contributed by atoms with van der Waals surface area (Å²) in [6, 6.07) is 7.02. The van der Waals surface area contributed by atoms with Crippen molar-refractivity contribution in [3.05, 3.63) is 47.7 Å². The number of halogens is 2. The lowest BCUT2D eigenvalue weighted by atomic mass is 9.76. The number of amides is 1. The van der Waals surface area contributed by atoms with Crippen LogP contribution in [0.3, 0.4) is 0 Å². The maximum Gasteiger partial charge on any atom is 0.410 e. The summed E-state index contributed by atoms with van der Waals surface area (Å²) in [6.45, 7) is 21.9. The molecule has 3 fully saturated rings. The average Bonchev–Trinajstić information content (AvgIpc) is 3.67. The first-order valence-corrected chi connectivity index (χ1v) is 25.0. The van der Waals surface area contributed by atoms with Crippen LogP contribution in [0, 0.1) is 28.5 Å². The van der Waals surface area contributed by atoms with Crippen LogP contribution in [0.1, 0.15) is 100.0 Å². The SMILES string of the molecule is COCOc1cc(-c2ncc3c(N4CCN(C(=O)OC(C)(C)C)CC4)nc(OC[C@]45CCC[C@H]4N(C)CCC5)nc3c2F)c2c(C#C[Si](C(C)C)(C(C)C)C(C)C)c(F)ccc2c1. The van der Waals surface area contributed by atoms with Gasteiger partial charge in [-0.2, -0.15) is 9.97 Å². The lowest BCUT2D eigenvalue weighted by Crippen LogP contribution is -2.50. The van der Waals surface area contributed by atoms with Crippen LogP contribution in [-0.4, -0.2) is 111 Å². The molecule has 11 nitrogen and oxygen atoms in total. The minimum absolute atomic E-state index is 0.0297. The highest BCUT2D eigenvalue weighted by Gasteiger charge is 2.47. The Morgan fingerprint density at radius 1 is 0.952 bits per heavy atom. The summed E-state index contributed by atoms with van der Waals surface area (Å²) in [5, 5.41) is 1.45. The smallest absolute Gasteiger partial charge is 0.410 e. The van der Waals surface area contributed by atoms with Crippen molar-refractivity contribution in [2.45, 2.75) is 123 Å². The first-order chi connectivity index (χ1) is 29.9. The van der Waals surface area contributed by atoms with Gasteiger partial charge in [-0.15, -0.1) is 5.54 Å². The number of pyridine rings is 1. The maximum absolute atomic E-state index is 17.8. The van der Waals surface area contributed by atoms with Gasteiger partial charge in [-0.05, 0) is 100 Å². The second-order valence-electron chi connectivity index (χ2n) is 19.8. The van der Waals surface area contributed by atoms with Crippen LogP contribution in [0.15, 0.2) is 30.5 Å². The van der Waals surface area contributed by atoms with Gasteiger partial charge in [0.15, 0.2) is 12.6 Å². The summed E-state index contributed by atoms with van der Waals surface area (Å²) in [6.07, 6.45) is 6.61. The van der Waals surface area contributed by atoms with Gasteiger partial charge < -0.3 is 33.6 Å². The Labute approximate surface area is 373 Å². The van der Waals surface area contributed by atoms with Crippen molar-refractivity contribution in [1.29, 1.82) is 0 Å². The van der Waals surface area contributed by atoms with Crippen LogP contribution >= 0.6 is 0 Å². The largest absolute Gasteiger partial charge is 0.468 e. The van der Waals surface area contributed by atoms with Gasteiger partial charge in [0, 0.05) is 61.9 Å². The number of methoxy groups -OCH3 is 1. The highest BCUT2D eigenvalue weighted by molar-refractivity contribution is 6.90. The molecule has 0 radical (unpaired) electrons. The minimum atomic E-state index is -2.30. The molecule has 3 aliphatic rings. The number of carbonyl (C=O) groups excluding carboxylic acids is 1. The predicted molar refractivity (Wildman–Crippen MR) is 248 cm³/mol. The van der Waals surface area contributed by atoms with E-state index in [0.717, 1.165) is 38.6 Å². The van der Waals surface area contributed by atoms with Gasteiger partial charge in [0.1, 0.15) is 42.3 Å².